The molecule has 0 aliphatic heterocycles. The molecule has 1 saturated carbocycles. The molecule has 1 N–H and O–H groups in total. The number of hydrogen-bond donors (Lipinski definition) is 1. The second-order valence-electron chi connectivity index (χ2n) is 4.04. The number of aliphatic hydroxyl groups is 1. The Morgan fingerprint density at radius 1 is 1.30 bits per heavy atom. The van der Waals surface area contributed by atoms with Crippen molar-refractivity contribution in [2.24, 2.45) is 5.41 Å². The van der Waals surface area contributed by atoms with Gasteiger partial charge in [-0.05, 0) is 38.0 Å². The predicted octanol–water partition coefficient (Wildman–Crippen LogP) is 2.34. The average Bonchev–Trinajstić information content (AvgIpc) is 2.10. The summed E-state index contributed by atoms with van der Waals surface area (Å²) in [7, 11) is 0. The first-order valence-corrected chi connectivity index (χ1v) is 4.24. The lowest BCUT2D eigenvalue weighted by Crippen LogP contribution is -2.38. The molecule has 1 fully saturated rings. The molecule has 0 amide bonds. The molecule has 0 aromatic carbocycles. The Kier molecular flexibility index (Phi) is 1.80. The lowest BCUT2D eigenvalue weighted by Gasteiger charge is -2.35. The summed E-state index contributed by atoms with van der Waals surface area (Å²) in [6.45, 7) is 6.34. The Balaban J connectivity index is 2.76. The van der Waals surface area contributed by atoms with Crippen LogP contribution in [0.15, 0.2) is 0 Å². The van der Waals surface area contributed by atoms with E-state index in [1.54, 1.807) is 0 Å². The fraction of sp³-hybridized carbons (Fsp3) is 1.00. The summed E-state index contributed by atoms with van der Waals surface area (Å²) < 4.78 is 0. The largest absolute Gasteiger partial charge is 0.390 e. The molecular weight excluding hydrogens is 124 g/mol. The minimum Gasteiger partial charge on any atom is -0.390 e. The molecular formula is C9H18O. The second kappa shape index (κ2) is 2.23. The summed E-state index contributed by atoms with van der Waals surface area (Å²) in [5, 5.41) is 9.91. The van der Waals surface area contributed by atoms with Crippen LogP contribution >= 0.6 is 0 Å². The van der Waals surface area contributed by atoms with Crippen molar-refractivity contribution < 1.29 is 5.11 Å². The Hall–Kier alpha value is -0.0400. The zero-order valence-corrected chi connectivity index (χ0v) is 7.28. The summed E-state index contributed by atoms with van der Waals surface area (Å²) in [5.41, 5.74) is -0.214. The normalized spacial score (nSPS) is 48.0. The zero-order chi connectivity index (χ0) is 7.83. The van der Waals surface area contributed by atoms with Crippen LogP contribution in [0, 0.1) is 5.41 Å². The lowest BCUT2D eigenvalue weighted by atomic mass is 9.75. The minimum atomic E-state index is -0.401. The van der Waals surface area contributed by atoms with Crippen molar-refractivity contribution in [2.75, 3.05) is 0 Å². The molecule has 0 saturated heterocycles. The average molecular weight is 142 g/mol. The van der Waals surface area contributed by atoms with Crippen molar-refractivity contribution in [3.05, 3.63) is 0 Å². The molecule has 0 spiro atoms. The van der Waals surface area contributed by atoms with Crippen LogP contribution in [-0.2, 0) is 0 Å². The number of rotatable bonds is 1. The van der Waals surface area contributed by atoms with Crippen molar-refractivity contribution in [1.29, 1.82) is 0 Å². The third kappa shape index (κ3) is 0.968. The first-order valence-electron chi connectivity index (χ1n) is 4.24. The molecule has 2 atom stereocenters. The van der Waals surface area contributed by atoms with E-state index in [4.69, 9.17) is 0 Å². The van der Waals surface area contributed by atoms with E-state index in [9.17, 15) is 5.11 Å². The van der Waals surface area contributed by atoms with Crippen LogP contribution in [0.3, 0.4) is 0 Å². The molecule has 1 aliphatic carbocycles. The predicted molar refractivity (Wildman–Crippen MR) is 42.9 cm³/mol. The molecule has 0 aromatic rings. The van der Waals surface area contributed by atoms with E-state index in [0.29, 0.717) is 0 Å². The molecule has 0 radical (unpaired) electrons. The molecule has 0 bridgehead atoms. The van der Waals surface area contributed by atoms with Gasteiger partial charge in [-0.15, -0.1) is 0 Å². The number of hydrogen-bond acceptors (Lipinski definition) is 1. The monoisotopic (exact) mass is 142 g/mol. The van der Waals surface area contributed by atoms with E-state index in [-0.39, 0.29) is 5.41 Å². The molecule has 0 heterocycles. The van der Waals surface area contributed by atoms with Gasteiger partial charge in [-0.3, -0.25) is 0 Å². The van der Waals surface area contributed by atoms with Crippen molar-refractivity contribution in [2.45, 2.75) is 52.1 Å². The molecule has 1 rings (SSSR count). The van der Waals surface area contributed by atoms with Gasteiger partial charge in [-0.25, -0.2) is 0 Å². The van der Waals surface area contributed by atoms with Gasteiger partial charge in [0.15, 0.2) is 0 Å². The first kappa shape index (κ1) is 8.06. The van der Waals surface area contributed by atoms with Crippen LogP contribution in [0.5, 0.6) is 0 Å². The van der Waals surface area contributed by atoms with Crippen LogP contribution in [0.4, 0.5) is 0 Å². The van der Waals surface area contributed by atoms with Crippen molar-refractivity contribution in [3.63, 3.8) is 0 Å². The Morgan fingerprint density at radius 2 is 1.90 bits per heavy atom. The summed E-state index contributed by atoms with van der Waals surface area (Å²) >= 11 is 0. The van der Waals surface area contributed by atoms with E-state index in [2.05, 4.69) is 13.8 Å². The molecule has 0 aromatic heterocycles. The summed E-state index contributed by atoms with van der Waals surface area (Å²) in [6.07, 6.45) is 4.46. The Bertz CT molecular complexity index is 129. The fourth-order valence-corrected chi connectivity index (χ4v) is 1.95. The third-order valence-electron chi connectivity index (χ3n) is 3.47. The van der Waals surface area contributed by atoms with Gasteiger partial charge in [0, 0.05) is 0 Å². The maximum absolute atomic E-state index is 9.91. The lowest BCUT2D eigenvalue weighted by molar-refractivity contribution is -0.0375. The smallest absolute Gasteiger partial charge is 0.0673 e. The third-order valence-corrected chi connectivity index (χ3v) is 3.47. The Labute approximate surface area is 63.4 Å². The SMILES string of the molecule is CCC1(C)CCCC1(C)O. The standard InChI is InChI=1S/C9H18O/c1-4-8(2)6-5-7-9(8,3)10/h10H,4-7H2,1-3H3. The topological polar surface area (TPSA) is 20.2 Å². The van der Waals surface area contributed by atoms with Crippen LogP contribution in [0.1, 0.15) is 46.5 Å². The van der Waals surface area contributed by atoms with Gasteiger partial charge in [0.1, 0.15) is 0 Å². The van der Waals surface area contributed by atoms with E-state index in [1.165, 1.54) is 12.8 Å². The van der Waals surface area contributed by atoms with Gasteiger partial charge in [0.05, 0.1) is 5.60 Å². The van der Waals surface area contributed by atoms with Gasteiger partial charge in [-0.2, -0.15) is 0 Å². The maximum atomic E-state index is 9.91. The Morgan fingerprint density at radius 3 is 2.10 bits per heavy atom. The summed E-state index contributed by atoms with van der Waals surface area (Å²) in [4.78, 5) is 0. The van der Waals surface area contributed by atoms with Crippen LogP contribution < -0.4 is 0 Å². The highest BCUT2D eigenvalue weighted by Crippen LogP contribution is 2.47. The van der Waals surface area contributed by atoms with Crippen molar-refractivity contribution in [1.82, 2.24) is 0 Å². The van der Waals surface area contributed by atoms with E-state index < -0.39 is 5.60 Å². The molecule has 1 aliphatic rings. The molecule has 2 unspecified atom stereocenters. The fourth-order valence-electron chi connectivity index (χ4n) is 1.95. The quantitative estimate of drug-likeness (QED) is 0.595. The van der Waals surface area contributed by atoms with Gasteiger partial charge >= 0.3 is 0 Å². The zero-order valence-electron chi connectivity index (χ0n) is 7.28. The van der Waals surface area contributed by atoms with Gasteiger partial charge in [0.2, 0.25) is 0 Å². The highest BCUT2D eigenvalue weighted by molar-refractivity contribution is 4.97. The minimum absolute atomic E-state index is 0.188. The summed E-state index contributed by atoms with van der Waals surface area (Å²) in [5.74, 6) is 0. The molecule has 60 valence electrons. The van der Waals surface area contributed by atoms with E-state index >= 15 is 0 Å². The van der Waals surface area contributed by atoms with Crippen LogP contribution in [0.2, 0.25) is 0 Å². The first-order chi connectivity index (χ1) is 4.52. The van der Waals surface area contributed by atoms with Crippen LogP contribution in [-0.4, -0.2) is 10.7 Å². The van der Waals surface area contributed by atoms with E-state index in [0.717, 1.165) is 12.8 Å². The molecule has 1 heteroatoms. The second-order valence-corrected chi connectivity index (χ2v) is 4.04. The molecule has 10 heavy (non-hydrogen) atoms. The molecule has 1 nitrogen and oxygen atoms in total. The van der Waals surface area contributed by atoms with Gasteiger partial charge in [0.25, 0.3) is 0 Å². The van der Waals surface area contributed by atoms with E-state index in [1.807, 2.05) is 6.92 Å². The van der Waals surface area contributed by atoms with Crippen molar-refractivity contribution in [3.8, 4) is 0 Å². The summed E-state index contributed by atoms with van der Waals surface area (Å²) in [6, 6.07) is 0. The highest BCUT2D eigenvalue weighted by Gasteiger charge is 2.45. The highest BCUT2D eigenvalue weighted by atomic mass is 16.3. The maximum Gasteiger partial charge on any atom is 0.0673 e. The van der Waals surface area contributed by atoms with Crippen LogP contribution in [0.25, 0.3) is 0 Å². The van der Waals surface area contributed by atoms with Crippen molar-refractivity contribution >= 4 is 0 Å². The van der Waals surface area contributed by atoms with Gasteiger partial charge in [-0.1, -0.05) is 13.8 Å². The van der Waals surface area contributed by atoms with Gasteiger partial charge < -0.3 is 5.11 Å².